The molecule has 3 aromatic heterocycles. The van der Waals surface area contributed by atoms with E-state index in [1.165, 1.54) is 7.11 Å². The maximum atomic E-state index is 12.1. The van der Waals surface area contributed by atoms with Gasteiger partial charge in [-0.05, 0) is 48.0 Å². The topological polar surface area (TPSA) is 78.3 Å². The Kier molecular flexibility index (Phi) is 6.65. The number of nitrogens with one attached hydrogen (secondary N) is 1. The fourth-order valence-electron chi connectivity index (χ4n) is 3.73. The molecule has 0 amide bonds. The van der Waals surface area contributed by atoms with E-state index in [0.717, 1.165) is 40.1 Å². The summed E-state index contributed by atoms with van der Waals surface area (Å²) in [7, 11) is 3.26. The second kappa shape index (κ2) is 9.96. The van der Waals surface area contributed by atoms with Gasteiger partial charge in [0, 0.05) is 48.7 Å². The van der Waals surface area contributed by atoms with Crippen molar-refractivity contribution in [1.82, 2.24) is 14.5 Å². The summed E-state index contributed by atoms with van der Waals surface area (Å²) in [5.41, 5.74) is 2.94. The van der Waals surface area contributed by atoms with Gasteiger partial charge < -0.3 is 19.4 Å². The molecule has 32 heavy (non-hydrogen) atoms. The SMILES string of the molecule is CNc1cccc(CCOc2ccc3c(ccn3C(CC(=O)OC)c3cccnc3)c2)n1. The predicted octanol–water partition coefficient (Wildman–Crippen LogP) is 4.25. The summed E-state index contributed by atoms with van der Waals surface area (Å²) in [6.07, 6.45) is 6.44. The molecule has 1 aromatic carbocycles. The number of fused-ring (bicyclic) bond motifs is 1. The van der Waals surface area contributed by atoms with Crippen LogP contribution in [0.1, 0.15) is 23.7 Å². The van der Waals surface area contributed by atoms with Crippen LogP contribution in [0.3, 0.4) is 0 Å². The first-order valence-electron chi connectivity index (χ1n) is 10.5. The maximum Gasteiger partial charge on any atom is 0.307 e. The number of hydrogen-bond acceptors (Lipinski definition) is 6. The van der Waals surface area contributed by atoms with Crippen LogP contribution >= 0.6 is 0 Å². The van der Waals surface area contributed by atoms with Gasteiger partial charge in [-0.15, -0.1) is 0 Å². The molecule has 1 atom stereocenters. The molecular weight excluding hydrogens is 404 g/mol. The van der Waals surface area contributed by atoms with Crippen molar-refractivity contribution in [3.05, 3.63) is 84.4 Å². The average molecular weight is 431 g/mol. The normalized spacial score (nSPS) is 11.8. The van der Waals surface area contributed by atoms with Gasteiger partial charge in [-0.25, -0.2) is 4.98 Å². The van der Waals surface area contributed by atoms with Gasteiger partial charge in [-0.1, -0.05) is 12.1 Å². The van der Waals surface area contributed by atoms with Gasteiger partial charge in [0.2, 0.25) is 0 Å². The molecule has 1 unspecified atom stereocenters. The molecule has 7 nitrogen and oxygen atoms in total. The predicted molar refractivity (Wildman–Crippen MR) is 124 cm³/mol. The number of carbonyl (C=O) groups is 1. The van der Waals surface area contributed by atoms with Gasteiger partial charge in [0.1, 0.15) is 11.6 Å². The summed E-state index contributed by atoms with van der Waals surface area (Å²) in [6, 6.07) is 17.6. The molecule has 0 fully saturated rings. The number of hydrogen-bond donors (Lipinski definition) is 1. The molecule has 0 saturated carbocycles. The molecule has 164 valence electrons. The number of benzene rings is 1. The van der Waals surface area contributed by atoms with E-state index >= 15 is 0 Å². The van der Waals surface area contributed by atoms with Crippen LogP contribution in [0.5, 0.6) is 5.75 Å². The van der Waals surface area contributed by atoms with Crippen molar-refractivity contribution in [2.45, 2.75) is 18.9 Å². The molecule has 4 aromatic rings. The van der Waals surface area contributed by atoms with E-state index < -0.39 is 0 Å². The van der Waals surface area contributed by atoms with E-state index in [1.54, 1.807) is 12.4 Å². The number of rotatable bonds is 9. The third-order valence-corrected chi connectivity index (χ3v) is 5.37. The molecule has 0 aliphatic rings. The van der Waals surface area contributed by atoms with Crippen molar-refractivity contribution >= 4 is 22.7 Å². The standard InChI is InChI=1S/C25H26N4O3/c1-26-24-7-3-6-20(28-24)11-14-32-21-8-9-22-18(15-21)10-13-29(22)23(16-25(30)31-2)19-5-4-12-27-17-19/h3-10,12-13,15,17,23H,11,14,16H2,1-2H3,(H,26,28). The Bertz CT molecular complexity index is 1190. The second-order valence-electron chi connectivity index (χ2n) is 7.39. The highest BCUT2D eigenvalue weighted by molar-refractivity contribution is 5.82. The first kappa shape index (κ1) is 21.4. The minimum absolute atomic E-state index is 0.203. The van der Waals surface area contributed by atoms with Crippen LogP contribution in [0.2, 0.25) is 0 Å². The highest BCUT2D eigenvalue weighted by atomic mass is 16.5. The molecule has 0 spiro atoms. The van der Waals surface area contributed by atoms with E-state index in [4.69, 9.17) is 9.47 Å². The van der Waals surface area contributed by atoms with E-state index in [9.17, 15) is 4.79 Å². The third kappa shape index (κ3) is 4.88. The molecule has 0 radical (unpaired) electrons. The smallest absolute Gasteiger partial charge is 0.307 e. The lowest BCUT2D eigenvalue weighted by Crippen LogP contribution is -2.15. The van der Waals surface area contributed by atoms with Gasteiger partial charge >= 0.3 is 5.97 Å². The van der Waals surface area contributed by atoms with Gasteiger partial charge in [0.25, 0.3) is 0 Å². The monoisotopic (exact) mass is 430 g/mol. The number of methoxy groups -OCH3 is 1. The summed E-state index contributed by atoms with van der Waals surface area (Å²) in [5.74, 6) is 1.38. The number of carbonyl (C=O) groups excluding carboxylic acids is 1. The van der Waals surface area contributed by atoms with Gasteiger partial charge in [0.05, 0.1) is 26.2 Å². The van der Waals surface area contributed by atoms with Crippen LogP contribution in [0, 0.1) is 0 Å². The van der Waals surface area contributed by atoms with Crippen molar-refractivity contribution in [2.24, 2.45) is 0 Å². The number of pyridine rings is 2. The molecule has 7 heteroatoms. The Morgan fingerprint density at radius 2 is 2.06 bits per heavy atom. The fourth-order valence-corrected chi connectivity index (χ4v) is 3.73. The lowest BCUT2D eigenvalue weighted by atomic mass is 10.1. The van der Waals surface area contributed by atoms with Crippen LogP contribution in [0.15, 0.2) is 73.2 Å². The minimum atomic E-state index is -0.267. The number of nitrogens with zero attached hydrogens (tertiary/aromatic N) is 3. The van der Waals surface area contributed by atoms with E-state index in [0.29, 0.717) is 6.61 Å². The number of anilines is 1. The van der Waals surface area contributed by atoms with Crippen LogP contribution in [0.4, 0.5) is 5.82 Å². The van der Waals surface area contributed by atoms with Crippen molar-refractivity contribution < 1.29 is 14.3 Å². The zero-order valence-corrected chi connectivity index (χ0v) is 18.2. The largest absolute Gasteiger partial charge is 0.493 e. The summed E-state index contributed by atoms with van der Waals surface area (Å²) in [5, 5.41) is 4.09. The third-order valence-electron chi connectivity index (χ3n) is 5.37. The minimum Gasteiger partial charge on any atom is -0.493 e. The number of esters is 1. The van der Waals surface area contributed by atoms with Crippen LogP contribution < -0.4 is 10.1 Å². The van der Waals surface area contributed by atoms with E-state index in [-0.39, 0.29) is 18.4 Å². The summed E-state index contributed by atoms with van der Waals surface area (Å²) in [4.78, 5) is 20.8. The fraction of sp³-hybridized carbons (Fsp3) is 0.240. The van der Waals surface area contributed by atoms with Gasteiger partial charge in [-0.2, -0.15) is 0 Å². The van der Waals surface area contributed by atoms with Crippen molar-refractivity contribution in [1.29, 1.82) is 0 Å². The van der Waals surface area contributed by atoms with Gasteiger partial charge in [-0.3, -0.25) is 9.78 Å². The zero-order chi connectivity index (χ0) is 22.3. The molecule has 0 saturated heterocycles. The Balaban J connectivity index is 1.51. The van der Waals surface area contributed by atoms with Crippen molar-refractivity contribution in [3.63, 3.8) is 0 Å². The van der Waals surface area contributed by atoms with Gasteiger partial charge in [0.15, 0.2) is 0 Å². The Morgan fingerprint density at radius 1 is 1.16 bits per heavy atom. The first-order chi connectivity index (χ1) is 15.7. The molecule has 4 rings (SSSR count). The highest BCUT2D eigenvalue weighted by Crippen LogP contribution is 2.30. The van der Waals surface area contributed by atoms with Crippen LogP contribution in [0.25, 0.3) is 10.9 Å². The quantitative estimate of drug-likeness (QED) is 0.400. The average Bonchev–Trinajstić information content (AvgIpc) is 3.26. The summed E-state index contributed by atoms with van der Waals surface area (Å²) >= 11 is 0. The van der Waals surface area contributed by atoms with E-state index in [2.05, 4.69) is 19.9 Å². The van der Waals surface area contributed by atoms with Crippen molar-refractivity contribution in [3.8, 4) is 5.75 Å². The molecule has 1 N–H and O–H groups in total. The highest BCUT2D eigenvalue weighted by Gasteiger charge is 2.20. The molecule has 0 aliphatic heterocycles. The summed E-state index contributed by atoms with van der Waals surface area (Å²) in [6.45, 7) is 0.535. The number of aromatic nitrogens is 3. The van der Waals surface area contributed by atoms with Crippen molar-refractivity contribution in [2.75, 3.05) is 26.1 Å². The lowest BCUT2D eigenvalue weighted by Gasteiger charge is -2.19. The van der Waals surface area contributed by atoms with E-state index in [1.807, 2.05) is 67.8 Å². The Hall–Kier alpha value is -3.87. The van der Waals surface area contributed by atoms with Crippen LogP contribution in [-0.4, -0.2) is 41.3 Å². The lowest BCUT2D eigenvalue weighted by molar-refractivity contribution is -0.141. The Morgan fingerprint density at radius 3 is 2.84 bits per heavy atom. The molecule has 3 heterocycles. The number of ether oxygens (including phenoxy) is 2. The zero-order valence-electron chi connectivity index (χ0n) is 18.2. The Labute approximate surface area is 187 Å². The first-order valence-corrected chi connectivity index (χ1v) is 10.5. The second-order valence-corrected chi connectivity index (χ2v) is 7.39. The van der Waals surface area contributed by atoms with Crippen LogP contribution in [-0.2, 0) is 16.0 Å². The molecule has 0 bridgehead atoms. The molecular formula is C25H26N4O3. The maximum absolute atomic E-state index is 12.1. The summed E-state index contributed by atoms with van der Waals surface area (Å²) < 4.78 is 13.0. The molecule has 0 aliphatic carbocycles.